The van der Waals surface area contributed by atoms with E-state index in [1.165, 1.54) is 24.5 Å². The minimum absolute atomic E-state index is 0.0652. The molecular weight excluding hydrogens is 383 g/mol. The molecule has 154 valence electrons. The van der Waals surface area contributed by atoms with Gasteiger partial charge in [-0.15, -0.1) is 0 Å². The van der Waals surface area contributed by atoms with Crippen molar-refractivity contribution in [2.75, 3.05) is 30.7 Å². The number of nitrogen functional groups attached to an aromatic ring is 1. The van der Waals surface area contributed by atoms with Gasteiger partial charge in [0.05, 0.1) is 11.1 Å². The van der Waals surface area contributed by atoms with E-state index >= 15 is 0 Å². The Balaban J connectivity index is 1.71. The highest BCUT2D eigenvalue weighted by atomic mass is 19.4. The van der Waals surface area contributed by atoms with E-state index in [0.717, 1.165) is 25.0 Å². The summed E-state index contributed by atoms with van der Waals surface area (Å²) in [4.78, 5) is 21.6. The molecule has 2 aromatic rings. The van der Waals surface area contributed by atoms with Gasteiger partial charge in [-0.1, -0.05) is 18.7 Å². The summed E-state index contributed by atoms with van der Waals surface area (Å²) >= 11 is 0. The zero-order valence-corrected chi connectivity index (χ0v) is 15.7. The smallest absolute Gasteiger partial charge is 0.383 e. The van der Waals surface area contributed by atoms with Crippen LogP contribution in [0.1, 0.15) is 18.4 Å². The van der Waals surface area contributed by atoms with Crippen molar-refractivity contribution in [2.45, 2.75) is 19.0 Å². The van der Waals surface area contributed by atoms with Crippen molar-refractivity contribution in [3.05, 3.63) is 48.8 Å². The lowest BCUT2D eigenvalue weighted by Crippen LogP contribution is -2.39. The first kappa shape index (κ1) is 20.6. The van der Waals surface area contributed by atoms with Gasteiger partial charge < -0.3 is 16.0 Å². The monoisotopic (exact) mass is 405 g/mol. The Morgan fingerprint density at radius 2 is 1.90 bits per heavy atom. The minimum atomic E-state index is -4.40. The SMILES string of the molecule is C=CC(=O)N1CCC(CNc2ncnc(N)c2-c2ccc(C(F)(F)F)cc2)CC1. The van der Waals surface area contributed by atoms with Crippen molar-refractivity contribution in [2.24, 2.45) is 5.92 Å². The summed E-state index contributed by atoms with van der Waals surface area (Å²) in [5, 5.41) is 3.25. The highest BCUT2D eigenvalue weighted by Crippen LogP contribution is 2.34. The Morgan fingerprint density at radius 3 is 2.48 bits per heavy atom. The molecule has 1 aromatic carbocycles. The Labute approximate surface area is 166 Å². The van der Waals surface area contributed by atoms with Gasteiger partial charge >= 0.3 is 6.18 Å². The van der Waals surface area contributed by atoms with Crippen LogP contribution < -0.4 is 11.1 Å². The van der Waals surface area contributed by atoms with Crippen LogP contribution in [0.3, 0.4) is 0 Å². The second-order valence-electron chi connectivity index (χ2n) is 6.91. The Kier molecular flexibility index (Phi) is 6.05. The van der Waals surface area contributed by atoms with Crippen LogP contribution >= 0.6 is 0 Å². The number of hydrogen-bond donors (Lipinski definition) is 2. The van der Waals surface area contributed by atoms with Crippen LogP contribution in [0.5, 0.6) is 0 Å². The van der Waals surface area contributed by atoms with Crippen molar-refractivity contribution in [3.8, 4) is 11.1 Å². The largest absolute Gasteiger partial charge is 0.416 e. The molecule has 1 amide bonds. The van der Waals surface area contributed by atoms with Gasteiger partial charge in [-0.25, -0.2) is 9.97 Å². The molecule has 0 aliphatic carbocycles. The number of carbonyl (C=O) groups is 1. The van der Waals surface area contributed by atoms with Crippen molar-refractivity contribution < 1.29 is 18.0 Å². The molecule has 1 fully saturated rings. The summed E-state index contributed by atoms with van der Waals surface area (Å²) in [6.07, 6.45) is -0.0963. The Morgan fingerprint density at radius 1 is 1.24 bits per heavy atom. The van der Waals surface area contributed by atoms with Crippen LogP contribution in [0.4, 0.5) is 24.8 Å². The lowest BCUT2D eigenvalue weighted by atomic mass is 9.96. The minimum Gasteiger partial charge on any atom is -0.383 e. The topological polar surface area (TPSA) is 84.1 Å². The number of nitrogens with zero attached hydrogens (tertiary/aromatic N) is 3. The van der Waals surface area contributed by atoms with Crippen molar-refractivity contribution in [1.82, 2.24) is 14.9 Å². The highest BCUT2D eigenvalue weighted by Gasteiger charge is 2.30. The number of rotatable bonds is 5. The van der Waals surface area contributed by atoms with E-state index in [2.05, 4.69) is 21.9 Å². The first-order valence-electron chi connectivity index (χ1n) is 9.23. The normalized spacial score (nSPS) is 15.2. The molecule has 1 saturated heterocycles. The summed E-state index contributed by atoms with van der Waals surface area (Å²) in [6.45, 7) is 5.44. The van der Waals surface area contributed by atoms with Gasteiger partial charge in [-0.05, 0) is 42.5 Å². The Bertz CT molecular complexity index is 875. The maximum absolute atomic E-state index is 12.8. The maximum atomic E-state index is 12.8. The number of anilines is 2. The molecule has 3 rings (SSSR count). The van der Waals surface area contributed by atoms with Gasteiger partial charge in [0.25, 0.3) is 0 Å². The quantitative estimate of drug-likeness (QED) is 0.743. The molecule has 1 aliphatic heterocycles. The number of halogens is 3. The van der Waals surface area contributed by atoms with E-state index in [1.54, 1.807) is 4.90 Å². The summed E-state index contributed by atoms with van der Waals surface area (Å²) < 4.78 is 38.4. The summed E-state index contributed by atoms with van der Waals surface area (Å²) in [5.74, 6) is 0.931. The van der Waals surface area contributed by atoms with Gasteiger partial charge in [0.1, 0.15) is 18.0 Å². The third kappa shape index (κ3) is 4.85. The molecule has 0 unspecified atom stereocenters. The van der Waals surface area contributed by atoms with Crippen molar-refractivity contribution in [1.29, 1.82) is 0 Å². The van der Waals surface area contributed by atoms with Crippen LogP contribution in [0.2, 0.25) is 0 Å². The summed E-state index contributed by atoms with van der Waals surface area (Å²) in [6, 6.07) is 4.75. The number of carbonyl (C=O) groups excluding carboxylic acids is 1. The molecule has 1 aromatic heterocycles. The molecule has 0 bridgehead atoms. The van der Waals surface area contributed by atoms with Gasteiger partial charge in [0.2, 0.25) is 5.91 Å². The third-order valence-corrected chi connectivity index (χ3v) is 5.04. The molecule has 2 heterocycles. The second-order valence-corrected chi connectivity index (χ2v) is 6.91. The first-order chi connectivity index (χ1) is 13.8. The van der Waals surface area contributed by atoms with Gasteiger partial charge in [-0.3, -0.25) is 4.79 Å². The first-order valence-corrected chi connectivity index (χ1v) is 9.23. The number of benzene rings is 1. The molecule has 9 heteroatoms. The number of likely N-dealkylation sites (tertiary alicyclic amines) is 1. The van der Waals surface area contributed by atoms with Crippen molar-refractivity contribution >= 4 is 17.5 Å². The molecule has 0 spiro atoms. The predicted molar refractivity (Wildman–Crippen MR) is 105 cm³/mol. The molecule has 3 N–H and O–H groups in total. The molecule has 1 aliphatic rings. The van der Waals surface area contributed by atoms with E-state index in [4.69, 9.17) is 5.73 Å². The molecule has 6 nitrogen and oxygen atoms in total. The fraction of sp³-hybridized carbons (Fsp3) is 0.350. The average molecular weight is 405 g/mol. The van der Waals surface area contributed by atoms with E-state index in [9.17, 15) is 18.0 Å². The van der Waals surface area contributed by atoms with Crippen LogP contribution in [0.15, 0.2) is 43.2 Å². The van der Waals surface area contributed by atoms with Crippen LogP contribution in [-0.4, -0.2) is 40.4 Å². The van der Waals surface area contributed by atoms with E-state index in [0.29, 0.717) is 42.5 Å². The fourth-order valence-electron chi connectivity index (χ4n) is 3.37. The van der Waals surface area contributed by atoms with Crippen LogP contribution in [-0.2, 0) is 11.0 Å². The molecule has 0 saturated carbocycles. The van der Waals surface area contributed by atoms with Crippen molar-refractivity contribution in [3.63, 3.8) is 0 Å². The zero-order chi connectivity index (χ0) is 21.0. The van der Waals surface area contributed by atoms with Crippen LogP contribution in [0.25, 0.3) is 11.1 Å². The summed E-state index contributed by atoms with van der Waals surface area (Å²) in [7, 11) is 0. The molecule has 0 atom stereocenters. The highest BCUT2D eigenvalue weighted by molar-refractivity contribution is 5.87. The Hall–Kier alpha value is -3.10. The third-order valence-electron chi connectivity index (χ3n) is 5.04. The average Bonchev–Trinajstić information content (AvgIpc) is 2.71. The van der Waals surface area contributed by atoms with E-state index in [-0.39, 0.29) is 11.7 Å². The zero-order valence-electron chi connectivity index (χ0n) is 15.7. The fourth-order valence-corrected chi connectivity index (χ4v) is 3.37. The number of hydrogen-bond acceptors (Lipinski definition) is 5. The number of alkyl halides is 3. The predicted octanol–water partition coefficient (Wildman–Crippen LogP) is 3.58. The van der Waals surface area contributed by atoms with Gasteiger partial charge in [0, 0.05) is 19.6 Å². The standard InChI is InChI=1S/C20H22F3N5O/c1-2-16(29)28-9-7-13(8-10-28)11-25-19-17(18(24)26-12-27-19)14-3-5-15(6-4-14)20(21,22)23/h2-6,12-13H,1,7-11H2,(H3,24,25,26,27). The van der Waals surface area contributed by atoms with E-state index in [1.807, 2.05) is 0 Å². The lowest BCUT2D eigenvalue weighted by molar-refractivity contribution is -0.137. The number of nitrogens with two attached hydrogens (primary N) is 1. The summed E-state index contributed by atoms with van der Waals surface area (Å²) in [5.41, 5.74) is 6.23. The van der Waals surface area contributed by atoms with Gasteiger partial charge in [-0.2, -0.15) is 13.2 Å². The van der Waals surface area contributed by atoms with Crippen LogP contribution in [0, 0.1) is 5.92 Å². The number of piperidine rings is 1. The molecule has 0 radical (unpaired) electrons. The van der Waals surface area contributed by atoms with E-state index < -0.39 is 11.7 Å². The number of nitrogens with one attached hydrogen (secondary N) is 1. The molecular formula is C20H22F3N5O. The van der Waals surface area contributed by atoms with Gasteiger partial charge in [0.15, 0.2) is 0 Å². The lowest BCUT2D eigenvalue weighted by Gasteiger charge is -2.31. The number of amides is 1. The number of aromatic nitrogens is 2. The maximum Gasteiger partial charge on any atom is 0.416 e. The second kappa shape index (κ2) is 8.50. The molecule has 29 heavy (non-hydrogen) atoms.